The maximum Gasteiger partial charge on any atom is 0.487 e. The molecule has 0 aromatic carbocycles. The van der Waals surface area contributed by atoms with Gasteiger partial charge in [0.15, 0.2) is 0 Å². The number of aryl methyl sites for hydroxylation is 1. The minimum absolute atomic E-state index is 0.272. The standard InChI is InChI=1S/C12H18BNO2S/c1-9-14-8-10(17-9)6-7-13-15-11(2,3)12(4,5)16-13/h6-8H,1-5H3/b7-6+. The van der Waals surface area contributed by atoms with Crippen LogP contribution in [0.2, 0.25) is 0 Å². The summed E-state index contributed by atoms with van der Waals surface area (Å²) in [5, 5.41) is 1.07. The van der Waals surface area contributed by atoms with Crippen LogP contribution in [0.15, 0.2) is 12.2 Å². The van der Waals surface area contributed by atoms with E-state index in [0.29, 0.717) is 0 Å². The second kappa shape index (κ2) is 4.23. The van der Waals surface area contributed by atoms with Crippen LogP contribution in [0.3, 0.4) is 0 Å². The van der Waals surface area contributed by atoms with Crippen LogP contribution in [0.1, 0.15) is 37.6 Å². The van der Waals surface area contributed by atoms with Gasteiger partial charge in [0.05, 0.1) is 16.2 Å². The molecule has 1 saturated heterocycles. The molecule has 0 aliphatic carbocycles. The molecular formula is C12H18BNO2S. The molecule has 0 saturated carbocycles. The SMILES string of the molecule is Cc1ncc(/C=C/B2OC(C)(C)C(C)(C)O2)s1. The van der Waals surface area contributed by atoms with E-state index in [1.54, 1.807) is 11.3 Å². The van der Waals surface area contributed by atoms with E-state index in [1.807, 2.05) is 25.2 Å². The smallest absolute Gasteiger partial charge is 0.400 e. The highest BCUT2D eigenvalue weighted by Crippen LogP contribution is 2.37. The van der Waals surface area contributed by atoms with Crippen LogP contribution in [0.5, 0.6) is 0 Å². The molecule has 2 rings (SSSR count). The van der Waals surface area contributed by atoms with Gasteiger partial charge in [-0.25, -0.2) is 4.98 Å². The molecule has 3 nitrogen and oxygen atoms in total. The van der Waals surface area contributed by atoms with E-state index >= 15 is 0 Å². The Bertz CT molecular complexity index is 423. The average molecular weight is 251 g/mol. The van der Waals surface area contributed by atoms with Gasteiger partial charge in [0.25, 0.3) is 0 Å². The monoisotopic (exact) mass is 251 g/mol. The lowest BCUT2D eigenvalue weighted by atomic mass is 9.90. The highest BCUT2D eigenvalue weighted by molar-refractivity contribution is 7.12. The molecule has 0 unspecified atom stereocenters. The van der Waals surface area contributed by atoms with Crippen molar-refractivity contribution < 1.29 is 9.31 Å². The topological polar surface area (TPSA) is 31.4 Å². The molecular weight excluding hydrogens is 233 g/mol. The van der Waals surface area contributed by atoms with Crippen LogP contribution in [0, 0.1) is 6.92 Å². The zero-order chi connectivity index (χ0) is 12.7. The number of rotatable bonds is 2. The van der Waals surface area contributed by atoms with Crippen molar-refractivity contribution in [2.45, 2.75) is 45.8 Å². The molecule has 0 spiro atoms. The zero-order valence-corrected chi connectivity index (χ0v) is 11.8. The lowest BCUT2D eigenvalue weighted by molar-refractivity contribution is 0.00578. The van der Waals surface area contributed by atoms with Crippen molar-refractivity contribution in [2.75, 3.05) is 0 Å². The first-order chi connectivity index (χ1) is 7.80. The molecule has 1 aromatic heterocycles. The second-order valence-electron chi connectivity index (χ2n) is 5.27. The Morgan fingerprint density at radius 1 is 1.24 bits per heavy atom. The predicted molar refractivity (Wildman–Crippen MR) is 72.0 cm³/mol. The molecule has 0 atom stereocenters. The van der Waals surface area contributed by atoms with E-state index in [4.69, 9.17) is 9.31 Å². The third-order valence-electron chi connectivity index (χ3n) is 3.33. The Hall–Kier alpha value is -0.645. The molecule has 0 radical (unpaired) electrons. The van der Waals surface area contributed by atoms with E-state index in [-0.39, 0.29) is 18.3 Å². The quantitative estimate of drug-likeness (QED) is 0.757. The van der Waals surface area contributed by atoms with Gasteiger partial charge in [-0.15, -0.1) is 11.3 Å². The largest absolute Gasteiger partial charge is 0.487 e. The van der Waals surface area contributed by atoms with Gasteiger partial charge >= 0.3 is 7.12 Å². The number of hydrogen-bond acceptors (Lipinski definition) is 4. The van der Waals surface area contributed by atoms with Crippen LogP contribution in [-0.2, 0) is 9.31 Å². The van der Waals surface area contributed by atoms with Crippen LogP contribution in [0.25, 0.3) is 6.08 Å². The fourth-order valence-corrected chi connectivity index (χ4v) is 2.29. The third-order valence-corrected chi connectivity index (χ3v) is 4.21. The fraction of sp³-hybridized carbons (Fsp3) is 0.583. The zero-order valence-electron chi connectivity index (χ0n) is 11.0. The Labute approximate surface area is 107 Å². The first-order valence-electron chi connectivity index (χ1n) is 5.76. The molecule has 2 heterocycles. The van der Waals surface area contributed by atoms with Crippen molar-refractivity contribution in [3.8, 4) is 0 Å². The van der Waals surface area contributed by atoms with Crippen LogP contribution < -0.4 is 0 Å². The highest BCUT2D eigenvalue weighted by atomic mass is 32.1. The van der Waals surface area contributed by atoms with E-state index in [2.05, 4.69) is 32.7 Å². The first-order valence-corrected chi connectivity index (χ1v) is 6.58. The van der Waals surface area contributed by atoms with Gasteiger partial charge in [0.1, 0.15) is 0 Å². The van der Waals surface area contributed by atoms with Gasteiger partial charge in [-0.2, -0.15) is 0 Å². The van der Waals surface area contributed by atoms with Crippen LogP contribution in [-0.4, -0.2) is 23.3 Å². The van der Waals surface area contributed by atoms with Crippen molar-refractivity contribution in [1.82, 2.24) is 4.98 Å². The molecule has 1 aliphatic rings. The normalized spacial score (nSPS) is 22.5. The molecule has 1 aromatic rings. The van der Waals surface area contributed by atoms with Crippen LogP contribution >= 0.6 is 11.3 Å². The summed E-state index contributed by atoms with van der Waals surface area (Å²) in [4.78, 5) is 5.33. The number of hydrogen-bond donors (Lipinski definition) is 0. The summed E-state index contributed by atoms with van der Waals surface area (Å²) in [7, 11) is -0.276. The van der Waals surface area contributed by atoms with Gasteiger partial charge in [-0.1, -0.05) is 12.1 Å². The summed E-state index contributed by atoms with van der Waals surface area (Å²) in [5.41, 5.74) is -0.544. The number of thiazole rings is 1. The first kappa shape index (κ1) is 12.8. The third kappa shape index (κ3) is 2.62. The maximum atomic E-state index is 5.87. The van der Waals surface area contributed by atoms with E-state index in [9.17, 15) is 0 Å². The summed E-state index contributed by atoms with van der Waals surface area (Å²) < 4.78 is 11.7. The Morgan fingerprint density at radius 3 is 2.29 bits per heavy atom. The van der Waals surface area contributed by atoms with Crippen LogP contribution in [0.4, 0.5) is 0 Å². The minimum atomic E-state index is -0.276. The molecule has 1 fully saturated rings. The lowest BCUT2D eigenvalue weighted by Gasteiger charge is -2.32. The molecule has 0 bridgehead atoms. The Morgan fingerprint density at radius 2 is 1.82 bits per heavy atom. The van der Waals surface area contributed by atoms with Gasteiger partial charge in [0, 0.05) is 11.1 Å². The van der Waals surface area contributed by atoms with Crippen molar-refractivity contribution in [1.29, 1.82) is 0 Å². The minimum Gasteiger partial charge on any atom is -0.400 e. The van der Waals surface area contributed by atoms with E-state index < -0.39 is 0 Å². The lowest BCUT2D eigenvalue weighted by Crippen LogP contribution is -2.41. The van der Waals surface area contributed by atoms with E-state index in [1.165, 1.54) is 0 Å². The molecule has 17 heavy (non-hydrogen) atoms. The molecule has 5 heteroatoms. The van der Waals surface area contributed by atoms with Crippen molar-refractivity contribution in [2.24, 2.45) is 0 Å². The summed E-state index contributed by atoms with van der Waals surface area (Å²) in [6, 6.07) is 0. The Kier molecular flexibility index (Phi) is 3.18. The predicted octanol–water partition coefficient (Wildman–Crippen LogP) is 3.10. The van der Waals surface area contributed by atoms with Crippen molar-refractivity contribution in [3.63, 3.8) is 0 Å². The number of aromatic nitrogens is 1. The molecule has 92 valence electrons. The van der Waals surface area contributed by atoms with E-state index in [0.717, 1.165) is 9.88 Å². The fourth-order valence-electron chi connectivity index (χ4n) is 1.60. The van der Waals surface area contributed by atoms with Gasteiger partial charge in [0.2, 0.25) is 0 Å². The number of nitrogens with zero attached hydrogens (tertiary/aromatic N) is 1. The summed E-state index contributed by atoms with van der Waals surface area (Å²) in [6.07, 6.45) is 3.87. The van der Waals surface area contributed by atoms with Gasteiger partial charge < -0.3 is 9.31 Å². The molecule has 1 aliphatic heterocycles. The Balaban J connectivity index is 2.05. The van der Waals surface area contributed by atoms with Gasteiger partial charge in [-0.3, -0.25) is 0 Å². The molecule has 0 amide bonds. The average Bonchev–Trinajstić information content (AvgIpc) is 2.67. The highest BCUT2D eigenvalue weighted by Gasteiger charge is 2.49. The van der Waals surface area contributed by atoms with Crippen molar-refractivity contribution in [3.05, 3.63) is 22.1 Å². The molecule has 0 N–H and O–H groups in total. The maximum absolute atomic E-state index is 5.87. The second-order valence-corrected chi connectivity index (χ2v) is 6.53. The summed E-state index contributed by atoms with van der Waals surface area (Å²) in [5.74, 6) is 1.95. The van der Waals surface area contributed by atoms with Gasteiger partial charge in [-0.05, 0) is 34.6 Å². The summed E-state index contributed by atoms with van der Waals surface area (Å²) in [6.45, 7) is 10.2. The van der Waals surface area contributed by atoms with Crippen molar-refractivity contribution >= 4 is 24.5 Å². The summed E-state index contributed by atoms with van der Waals surface area (Å²) >= 11 is 1.66.